The summed E-state index contributed by atoms with van der Waals surface area (Å²) in [5.41, 5.74) is 4.35. The molecular formula is C9H9BrF3NO. The van der Waals surface area contributed by atoms with E-state index in [0.29, 0.717) is 4.47 Å². The monoisotopic (exact) mass is 283 g/mol. The van der Waals surface area contributed by atoms with E-state index in [1.165, 1.54) is 12.1 Å². The van der Waals surface area contributed by atoms with Crippen molar-refractivity contribution >= 4 is 15.9 Å². The topological polar surface area (TPSA) is 35.2 Å². The molecule has 1 aromatic rings. The number of rotatable bonds is 3. The smallest absolute Gasteiger partial charge is 0.420 e. The molecule has 0 aliphatic rings. The van der Waals surface area contributed by atoms with E-state index < -0.39 is 11.7 Å². The van der Waals surface area contributed by atoms with Crippen LogP contribution in [0.1, 0.15) is 5.56 Å². The molecule has 1 aromatic carbocycles. The van der Waals surface area contributed by atoms with Crippen LogP contribution in [0.25, 0.3) is 0 Å². The van der Waals surface area contributed by atoms with Crippen molar-refractivity contribution in [1.82, 2.24) is 0 Å². The highest BCUT2D eigenvalue weighted by Gasteiger charge is 2.34. The van der Waals surface area contributed by atoms with Crippen LogP contribution >= 0.6 is 15.9 Å². The number of ether oxygens (including phenoxy) is 1. The van der Waals surface area contributed by atoms with Crippen LogP contribution in [0.3, 0.4) is 0 Å². The van der Waals surface area contributed by atoms with E-state index in [1.54, 1.807) is 0 Å². The fourth-order valence-electron chi connectivity index (χ4n) is 1.02. The third kappa shape index (κ3) is 3.39. The Morgan fingerprint density at radius 3 is 2.53 bits per heavy atom. The molecule has 0 bridgehead atoms. The summed E-state index contributed by atoms with van der Waals surface area (Å²) in [5, 5.41) is 0. The molecule has 0 aliphatic carbocycles. The zero-order valence-electron chi connectivity index (χ0n) is 7.64. The molecule has 0 unspecified atom stereocenters. The first-order chi connectivity index (χ1) is 6.95. The zero-order chi connectivity index (χ0) is 11.5. The molecule has 0 heterocycles. The third-order valence-corrected chi connectivity index (χ3v) is 2.12. The highest BCUT2D eigenvalue weighted by Crippen LogP contribution is 2.37. The Morgan fingerprint density at radius 1 is 1.33 bits per heavy atom. The molecule has 0 saturated heterocycles. The molecule has 0 amide bonds. The van der Waals surface area contributed by atoms with E-state index >= 15 is 0 Å². The highest BCUT2D eigenvalue weighted by atomic mass is 79.9. The Hall–Kier alpha value is -0.750. The summed E-state index contributed by atoms with van der Waals surface area (Å²) in [4.78, 5) is 0. The number of benzene rings is 1. The van der Waals surface area contributed by atoms with Crippen molar-refractivity contribution in [2.45, 2.75) is 6.18 Å². The molecule has 0 radical (unpaired) electrons. The third-order valence-electron chi connectivity index (χ3n) is 1.62. The Labute approximate surface area is 93.3 Å². The van der Waals surface area contributed by atoms with Gasteiger partial charge < -0.3 is 10.5 Å². The minimum absolute atomic E-state index is 0.0602. The van der Waals surface area contributed by atoms with Crippen molar-refractivity contribution in [3.8, 4) is 5.75 Å². The van der Waals surface area contributed by atoms with Crippen LogP contribution in [0, 0.1) is 0 Å². The van der Waals surface area contributed by atoms with Gasteiger partial charge in [-0.15, -0.1) is 0 Å². The molecule has 0 aliphatic heterocycles. The largest absolute Gasteiger partial charge is 0.492 e. The van der Waals surface area contributed by atoms with Gasteiger partial charge in [0.2, 0.25) is 0 Å². The zero-order valence-corrected chi connectivity index (χ0v) is 9.23. The predicted molar refractivity (Wildman–Crippen MR) is 53.7 cm³/mol. The first-order valence-corrected chi connectivity index (χ1v) is 4.94. The fourth-order valence-corrected chi connectivity index (χ4v) is 1.38. The maximum Gasteiger partial charge on any atom is 0.420 e. The molecule has 0 aromatic heterocycles. The summed E-state index contributed by atoms with van der Waals surface area (Å²) in [6.07, 6.45) is -4.42. The van der Waals surface area contributed by atoms with Gasteiger partial charge in [-0.05, 0) is 18.2 Å². The molecular weight excluding hydrogens is 275 g/mol. The van der Waals surface area contributed by atoms with Gasteiger partial charge in [0, 0.05) is 11.0 Å². The molecule has 0 saturated carbocycles. The predicted octanol–water partition coefficient (Wildman–Crippen LogP) is 2.81. The Balaban J connectivity index is 3.04. The average molecular weight is 284 g/mol. The van der Waals surface area contributed by atoms with Gasteiger partial charge in [-0.25, -0.2) is 0 Å². The molecule has 2 nitrogen and oxygen atoms in total. The highest BCUT2D eigenvalue weighted by molar-refractivity contribution is 9.10. The minimum Gasteiger partial charge on any atom is -0.492 e. The van der Waals surface area contributed by atoms with Gasteiger partial charge in [-0.3, -0.25) is 0 Å². The molecule has 0 atom stereocenters. The molecule has 0 spiro atoms. The number of alkyl halides is 3. The Bertz CT molecular complexity index is 341. The molecule has 84 valence electrons. The first-order valence-electron chi connectivity index (χ1n) is 4.15. The van der Waals surface area contributed by atoms with Crippen LogP contribution < -0.4 is 10.5 Å². The van der Waals surface area contributed by atoms with Crippen LogP contribution in [0.15, 0.2) is 22.7 Å². The lowest BCUT2D eigenvalue weighted by Crippen LogP contribution is -2.14. The maximum absolute atomic E-state index is 12.5. The molecule has 1 rings (SSSR count). The average Bonchev–Trinajstić information content (AvgIpc) is 2.14. The Kier molecular flexibility index (Phi) is 3.98. The van der Waals surface area contributed by atoms with Crippen LogP contribution in [-0.4, -0.2) is 13.2 Å². The summed E-state index contributed by atoms with van der Waals surface area (Å²) in [6.45, 7) is 0.234. The number of nitrogens with two attached hydrogens (primary N) is 1. The first kappa shape index (κ1) is 12.3. The van der Waals surface area contributed by atoms with Crippen molar-refractivity contribution in [1.29, 1.82) is 0 Å². The second kappa shape index (κ2) is 4.85. The van der Waals surface area contributed by atoms with Crippen molar-refractivity contribution in [2.75, 3.05) is 13.2 Å². The van der Waals surface area contributed by atoms with Gasteiger partial charge >= 0.3 is 6.18 Å². The van der Waals surface area contributed by atoms with Crippen molar-refractivity contribution < 1.29 is 17.9 Å². The lowest BCUT2D eigenvalue weighted by Gasteiger charge is -2.13. The van der Waals surface area contributed by atoms with Crippen LogP contribution in [0.5, 0.6) is 5.75 Å². The summed E-state index contributed by atoms with van der Waals surface area (Å²) < 4.78 is 42.8. The SMILES string of the molecule is NCCOc1ccc(Br)cc1C(F)(F)F. The van der Waals surface area contributed by atoms with E-state index in [4.69, 9.17) is 10.5 Å². The van der Waals surface area contributed by atoms with Gasteiger partial charge in [-0.2, -0.15) is 13.2 Å². The lowest BCUT2D eigenvalue weighted by atomic mass is 10.2. The van der Waals surface area contributed by atoms with Gasteiger partial charge in [0.05, 0.1) is 5.56 Å². The van der Waals surface area contributed by atoms with E-state index in [0.717, 1.165) is 6.07 Å². The summed E-state index contributed by atoms with van der Waals surface area (Å²) >= 11 is 2.98. The fraction of sp³-hybridized carbons (Fsp3) is 0.333. The molecule has 6 heteroatoms. The van der Waals surface area contributed by atoms with Crippen molar-refractivity contribution in [3.05, 3.63) is 28.2 Å². The Morgan fingerprint density at radius 2 is 2.00 bits per heavy atom. The normalized spacial score (nSPS) is 11.5. The van der Waals surface area contributed by atoms with Crippen molar-refractivity contribution in [3.63, 3.8) is 0 Å². The van der Waals surface area contributed by atoms with Gasteiger partial charge in [0.1, 0.15) is 12.4 Å². The van der Waals surface area contributed by atoms with Crippen LogP contribution in [-0.2, 0) is 6.18 Å². The summed E-state index contributed by atoms with van der Waals surface area (Å²) in [6, 6.07) is 3.73. The number of hydrogen-bond donors (Lipinski definition) is 1. The standard InChI is InChI=1S/C9H9BrF3NO/c10-6-1-2-8(15-4-3-14)7(5-6)9(11,12)13/h1-2,5H,3-4,14H2. The number of hydrogen-bond acceptors (Lipinski definition) is 2. The molecule has 0 fully saturated rings. The van der Waals surface area contributed by atoms with Gasteiger partial charge in [-0.1, -0.05) is 15.9 Å². The molecule has 15 heavy (non-hydrogen) atoms. The van der Waals surface area contributed by atoms with E-state index in [2.05, 4.69) is 15.9 Å². The minimum atomic E-state index is -4.42. The van der Waals surface area contributed by atoms with E-state index in [9.17, 15) is 13.2 Å². The summed E-state index contributed by atoms with van der Waals surface area (Å²) in [5.74, 6) is -0.198. The molecule has 2 N–H and O–H groups in total. The van der Waals surface area contributed by atoms with Gasteiger partial charge in [0.15, 0.2) is 0 Å². The van der Waals surface area contributed by atoms with Gasteiger partial charge in [0.25, 0.3) is 0 Å². The quantitative estimate of drug-likeness (QED) is 0.926. The summed E-state index contributed by atoms with van der Waals surface area (Å²) in [7, 11) is 0. The second-order valence-electron chi connectivity index (χ2n) is 2.78. The van der Waals surface area contributed by atoms with E-state index in [-0.39, 0.29) is 18.9 Å². The van der Waals surface area contributed by atoms with Crippen molar-refractivity contribution in [2.24, 2.45) is 5.73 Å². The lowest BCUT2D eigenvalue weighted by molar-refractivity contribution is -0.139. The maximum atomic E-state index is 12.5. The van der Waals surface area contributed by atoms with Crippen LogP contribution in [0.2, 0.25) is 0 Å². The van der Waals surface area contributed by atoms with Crippen LogP contribution in [0.4, 0.5) is 13.2 Å². The number of halogens is 4. The van der Waals surface area contributed by atoms with E-state index in [1.807, 2.05) is 0 Å². The second-order valence-corrected chi connectivity index (χ2v) is 3.69.